The average molecular weight is 528 g/mol. The van der Waals surface area contributed by atoms with Crippen LogP contribution in [0.4, 0.5) is 4.39 Å². The summed E-state index contributed by atoms with van der Waals surface area (Å²) in [6.45, 7) is 7.49. The van der Waals surface area contributed by atoms with Crippen molar-refractivity contribution in [2.45, 2.75) is 46.0 Å². The summed E-state index contributed by atoms with van der Waals surface area (Å²) in [6.07, 6.45) is 4.38. The van der Waals surface area contributed by atoms with Gasteiger partial charge in [-0.3, -0.25) is 4.39 Å². The van der Waals surface area contributed by atoms with E-state index >= 15 is 0 Å². The number of likely N-dealkylation sites (tertiary alicyclic amines) is 1. The highest BCUT2D eigenvalue weighted by atomic mass is 19.1. The maximum atomic E-state index is 12.5. The topological polar surface area (TPSA) is 49.8 Å². The number of ether oxygens (including phenoxy) is 1. The number of allylic oxidation sites excluding steroid dienone is 1. The Morgan fingerprint density at radius 1 is 1.03 bits per heavy atom. The summed E-state index contributed by atoms with van der Waals surface area (Å²) in [5, 5.41) is 9.62. The van der Waals surface area contributed by atoms with Crippen molar-refractivity contribution in [3.63, 3.8) is 0 Å². The fourth-order valence-electron chi connectivity index (χ4n) is 6.16. The number of aryl methyl sites for hydroxylation is 2. The smallest absolute Gasteiger partial charge is 0.335 e. The van der Waals surface area contributed by atoms with E-state index in [1.807, 2.05) is 25.1 Å². The van der Waals surface area contributed by atoms with Gasteiger partial charge < -0.3 is 14.7 Å². The van der Waals surface area contributed by atoms with Crippen molar-refractivity contribution < 1.29 is 19.0 Å². The van der Waals surface area contributed by atoms with Gasteiger partial charge in [-0.25, -0.2) is 4.79 Å². The number of hydrogen-bond acceptors (Lipinski definition) is 3. The molecule has 0 radical (unpaired) electrons. The van der Waals surface area contributed by atoms with Gasteiger partial charge in [-0.05, 0) is 121 Å². The number of carboxylic acid groups (broad SMARTS) is 1. The van der Waals surface area contributed by atoms with Gasteiger partial charge in [0.05, 0.1) is 18.8 Å². The first-order valence-electron chi connectivity index (χ1n) is 14.2. The Bertz CT molecular complexity index is 1360. The second-order valence-electron chi connectivity index (χ2n) is 10.9. The summed E-state index contributed by atoms with van der Waals surface area (Å²) < 4.78 is 18.2. The first-order chi connectivity index (χ1) is 19.0. The highest BCUT2D eigenvalue weighted by molar-refractivity contribution is 6.01. The van der Waals surface area contributed by atoms with Gasteiger partial charge in [0.2, 0.25) is 0 Å². The Hall–Kier alpha value is -3.44. The molecule has 0 spiro atoms. The van der Waals surface area contributed by atoms with E-state index in [0.29, 0.717) is 24.5 Å². The van der Waals surface area contributed by atoms with E-state index in [-0.39, 0.29) is 6.67 Å². The van der Waals surface area contributed by atoms with E-state index in [0.717, 1.165) is 67.8 Å². The molecule has 1 heterocycles. The first kappa shape index (κ1) is 27.1. The number of rotatable bonds is 10. The molecule has 0 atom stereocenters. The molecule has 5 rings (SSSR count). The minimum Gasteiger partial charge on any atom is -0.494 e. The largest absolute Gasteiger partial charge is 0.494 e. The number of fused-ring (bicyclic) bond motifs is 1. The molecule has 1 aliphatic heterocycles. The van der Waals surface area contributed by atoms with Crippen LogP contribution in [0.1, 0.15) is 69.9 Å². The predicted molar refractivity (Wildman–Crippen MR) is 155 cm³/mol. The third-order valence-electron chi connectivity index (χ3n) is 8.04. The first-order valence-corrected chi connectivity index (χ1v) is 14.2. The zero-order valence-corrected chi connectivity index (χ0v) is 23.0. The second kappa shape index (κ2) is 12.2. The van der Waals surface area contributed by atoms with Crippen LogP contribution in [0.5, 0.6) is 5.75 Å². The van der Waals surface area contributed by atoms with Crippen LogP contribution in [0.3, 0.4) is 0 Å². The molecule has 5 heteroatoms. The molecule has 0 unspecified atom stereocenters. The van der Waals surface area contributed by atoms with Crippen LogP contribution in [0.25, 0.3) is 11.1 Å². The van der Waals surface area contributed by atoms with Gasteiger partial charge in [-0.1, -0.05) is 36.4 Å². The molecule has 0 saturated carbocycles. The molecule has 39 heavy (non-hydrogen) atoms. The lowest BCUT2D eigenvalue weighted by Gasteiger charge is -2.39. The van der Waals surface area contributed by atoms with Crippen molar-refractivity contribution in [2.75, 3.05) is 32.9 Å². The molecule has 1 aliphatic carbocycles. The number of aromatic carboxylic acids is 1. The Morgan fingerprint density at radius 3 is 2.49 bits per heavy atom. The molecule has 3 aromatic carbocycles. The molecule has 3 aromatic rings. The lowest BCUT2D eigenvalue weighted by Crippen LogP contribution is -2.47. The molecule has 0 aromatic heterocycles. The molecule has 1 saturated heterocycles. The number of carboxylic acids is 1. The van der Waals surface area contributed by atoms with Crippen LogP contribution < -0.4 is 4.74 Å². The third kappa shape index (κ3) is 6.09. The molecule has 204 valence electrons. The van der Waals surface area contributed by atoms with E-state index < -0.39 is 5.97 Å². The van der Waals surface area contributed by atoms with E-state index in [1.54, 1.807) is 6.07 Å². The van der Waals surface area contributed by atoms with E-state index in [4.69, 9.17) is 4.74 Å². The summed E-state index contributed by atoms with van der Waals surface area (Å²) in [5.74, 6) is 0.619. The van der Waals surface area contributed by atoms with Crippen molar-refractivity contribution in [1.29, 1.82) is 0 Å². The number of halogens is 1. The van der Waals surface area contributed by atoms with Crippen molar-refractivity contribution in [3.8, 4) is 5.75 Å². The molecule has 4 nitrogen and oxygen atoms in total. The number of nitrogens with zero attached hydrogens (tertiary/aromatic N) is 1. The van der Waals surface area contributed by atoms with Gasteiger partial charge >= 0.3 is 5.97 Å². The highest BCUT2D eigenvalue weighted by Crippen LogP contribution is 2.41. The molecule has 1 fully saturated rings. The lowest BCUT2D eigenvalue weighted by atomic mass is 9.85. The molecule has 0 amide bonds. The Morgan fingerprint density at radius 2 is 1.79 bits per heavy atom. The van der Waals surface area contributed by atoms with Gasteiger partial charge in [-0.2, -0.15) is 0 Å². The summed E-state index contributed by atoms with van der Waals surface area (Å²) in [5.41, 5.74) is 9.92. The number of alkyl halides is 1. The van der Waals surface area contributed by atoms with E-state index in [2.05, 4.69) is 48.2 Å². The fraction of sp³-hybridized carbons (Fsp3) is 0.382. The Balaban J connectivity index is 1.51. The molecular weight excluding hydrogens is 489 g/mol. The van der Waals surface area contributed by atoms with Gasteiger partial charge in [0, 0.05) is 19.6 Å². The van der Waals surface area contributed by atoms with E-state index in [1.165, 1.54) is 27.8 Å². The standard InChI is InChI=1S/C34H38FNO3/c1-3-39-29-13-15-30(23(2)18-29)32-7-4-6-27-20-28(34(37)38)12-14-31(27)33(32)26-10-8-24(9-11-26)19-25-21-36(22-25)17-5-16-35/h8-15,18,20,25H,3-7,16-17,19,21-22H2,1-2H3,(H,37,38). The molecule has 2 aliphatic rings. The number of benzene rings is 3. The van der Waals surface area contributed by atoms with Gasteiger partial charge in [-0.15, -0.1) is 0 Å². The SMILES string of the molecule is CCOc1ccc(C2=C(c3ccc(CC4CN(CCCF)C4)cc3)c3ccc(C(=O)O)cc3CCC2)c(C)c1. The van der Waals surface area contributed by atoms with Crippen LogP contribution in [-0.4, -0.2) is 48.9 Å². The Labute approximate surface area is 231 Å². The van der Waals surface area contributed by atoms with Gasteiger partial charge in [0.1, 0.15) is 5.75 Å². The lowest BCUT2D eigenvalue weighted by molar-refractivity contribution is 0.0696. The van der Waals surface area contributed by atoms with Crippen molar-refractivity contribution in [1.82, 2.24) is 4.90 Å². The van der Waals surface area contributed by atoms with Crippen molar-refractivity contribution >= 4 is 17.1 Å². The van der Waals surface area contributed by atoms with Gasteiger partial charge in [0.25, 0.3) is 0 Å². The predicted octanol–water partition coefficient (Wildman–Crippen LogP) is 7.22. The van der Waals surface area contributed by atoms with Gasteiger partial charge in [0.15, 0.2) is 0 Å². The van der Waals surface area contributed by atoms with Crippen LogP contribution in [0, 0.1) is 12.8 Å². The number of hydrogen-bond donors (Lipinski definition) is 1. The maximum absolute atomic E-state index is 12.5. The van der Waals surface area contributed by atoms with Crippen molar-refractivity contribution in [2.24, 2.45) is 5.92 Å². The molecule has 1 N–H and O–H groups in total. The van der Waals surface area contributed by atoms with Crippen LogP contribution >= 0.6 is 0 Å². The minimum absolute atomic E-state index is 0.239. The monoisotopic (exact) mass is 527 g/mol. The van der Waals surface area contributed by atoms with Crippen molar-refractivity contribution in [3.05, 3.63) is 99.6 Å². The van der Waals surface area contributed by atoms with Crippen LogP contribution in [-0.2, 0) is 12.8 Å². The minimum atomic E-state index is -0.890. The average Bonchev–Trinajstić information content (AvgIpc) is 3.09. The molecule has 0 bridgehead atoms. The second-order valence-corrected chi connectivity index (χ2v) is 10.9. The Kier molecular flexibility index (Phi) is 8.47. The normalized spacial score (nSPS) is 16.0. The quantitative estimate of drug-likeness (QED) is 0.302. The zero-order chi connectivity index (χ0) is 27.4. The highest BCUT2D eigenvalue weighted by Gasteiger charge is 2.26. The zero-order valence-electron chi connectivity index (χ0n) is 23.0. The maximum Gasteiger partial charge on any atom is 0.335 e. The molecular formula is C34H38FNO3. The fourth-order valence-corrected chi connectivity index (χ4v) is 6.16. The summed E-state index contributed by atoms with van der Waals surface area (Å²) in [6, 6.07) is 20.9. The summed E-state index contributed by atoms with van der Waals surface area (Å²) >= 11 is 0. The number of carbonyl (C=O) groups is 1. The summed E-state index contributed by atoms with van der Waals surface area (Å²) in [4.78, 5) is 14.1. The van der Waals surface area contributed by atoms with Crippen LogP contribution in [0.15, 0.2) is 60.7 Å². The van der Waals surface area contributed by atoms with E-state index in [9.17, 15) is 14.3 Å². The summed E-state index contributed by atoms with van der Waals surface area (Å²) in [7, 11) is 0. The third-order valence-corrected chi connectivity index (χ3v) is 8.04. The van der Waals surface area contributed by atoms with Crippen LogP contribution in [0.2, 0.25) is 0 Å².